The number of nitrogens with zero attached hydrogens (tertiary/aromatic N) is 2. The number of guanidine groups is 1. The predicted octanol–water partition coefficient (Wildman–Crippen LogP) is 2.62. The van der Waals surface area contributed by atoms with Crippen LogP contribution >= 0.6 is 24.0 Å². The maximum absolute atomic E-state index is 6.03. The Morgan fingerprint density at radius 2 is 1.85 bits per heavy atom. The molecule has 2 aliphatic rings. The van der Waals surface area contributed by atoms with Crippen molar-refractivity contribution in [1.29, 1.82) is 0 Å². The Kier molecular flexibility index (Phi) is 14.6. The van der Waals surface area contributed by atoms with Gasteiger partial charge in [-0.1, -0.05) is 25.7 Å². The smallest absolute Gasteiger partial charge is 0.191 e. The van der Waals surface area contributed by atoms with Gasteiger partial charge in [-0.15, -0.1) is 24.0 Å². The Morgan fingerprint density at radius 1 is 1.12 bits per heavy atom. The second-order valence-corrected chi connectivity index (χ2v) is 6.98. The van der Waals surface area contributed by atoms with Gasteiger partial charge in [0.1, 0.15) is 0 Å². The van der Waals surface area contributed by atoms with Crippen LogP contribution in [0.15, 0.2) is 4.99 Å². The van der Waals surface area contributed by atoms with Crippen LogP contribution in [0.1, 0.15) is 51.9 Å². The van der Waals surface area contributed by atoms with Gasteiger partial charge in [-0.05, 0) is 26.2 Å². The molecule has 2 N–H and O–H groups in total. The van der Waals surface area contributed by atoms with Crippen molar-refractivity contribution in [3.8, 4) is 0 Å². The van der Waals surface area contributed by atoms with Crippen LogP contribution in [0.4, 0.5) is 0 Å². The fourth-order valence-corrected chi connectivity index (χ4v) is 3.46. The molecule has 6 nitrogen and oxygen atoms in total. The zero-order valence-electron chi connectivity index (χ0n) is 16.5. The Morgan fingerprint density at radius 3 is 2.54 bits per heavy atom. The topological polar surface area (TPSA) is 58.1 Å². The molecule has 1 aliphatic heterocycles. The van der Waals surface area contributed by atoms with Gasteiger partial charge in [-0.2, -0.15) is 0 Å². The highest BCUT2D eigenvalue weighted by Gasteiger charge is 2.12. The van der Waals surface area contributed by atoms with E-state index in [0.717, 1.165) is 71.5 Å². The first-order chi connectivity index (χ1) is 12.4. The SMILES string of the molecule is CCNC(=NCCCN1CCOCC1)NCCOC1CCCCCC1.I. The minimum Gasteiger partial charge on any atom is -0.379 e. The van der Waals surface area contributed by atoms with Crippen LogP contribution in [0.2, 0.25) is 0 Å². The number of hydrogen-bond donors (Lipinski definition) is 2. The number of aliphatic imine (C=N–C) groups is 1. The number of rotatable bonds is 9. The third-order valence-electron chi connectivity index (χ3n) is 4.90. The van der Waals surface area contributed by atoms with Crippen molar-refractivity contribution in [2.24, 2.45) is 4.99 Å². The zero-order chi connectivity index (χ0) is 17.6. The Balaban J connectivity index is 0.00000338. The molecule has 2 fully saturated rings. The van der Waals surface area contributed by atoms with Crippen molar-refractivity contribution in [2.45, 2.75) is 58.0 Å². The summed E-state index contributed by atoms with van der Waals surface area (Å²) in [6, 6.07) is 0. The Bertz CT molecular complexity index is 357. The van der Waals surface area contributed by atoms with Crippen molar-refractivity contribution in [3.05, 3.63) is 0 Å². The minimum absolute atomic E-state index is 0. The molecule has 0 atom stereocenters. The summed E-state index contributed by atoms with van der Waals surface area (Å²) in [6.07, 6.45) is 9.42. The molecule has 1 aliphatic carbocycles. The molecule has 1 saturated carbocycles. The molecule has 0 radical (unpaired) electrons. The molecular weight excluding hydrogens is 443 g/mol. The largest absolute Gasteiger partial charge is 0.379 e. The molecule has 1 heterocycles. The van der Waals surface area contributed by atoms with Gasteiger partial charge < -0.3 is 20.1 Å². The zero-order valence-corrected chi connectivity index (χ0v) is 18.8. The van der Waals surface area contributed by atoms with E-state index < -0.39 is 0 Å². The molecule has 7 heteroatoms. The van der Waals surface area contributed by atoms with E-state index in [-0.39, 0.29) is 24.0 Å². The van der Waals surface area contributed by atoms with Gasteiger partial charge >= 0.3 is 0 Å². The average molecular weight is 482 g/mol. The summed E-state index contributed by atoms with van der Waals surface area (Å²) in [6.45, 7) is 10.4. The van der Waals surface area contributed by atoms with E-state index in [2.05, 4.69) is 27.4 Å². The lowest BCUT2D eigenvalue weighted by Gasteiger charge is -2.26. The number of morpholine rings is 1. The fourth-order valence-electron chi connectivity index (χ4n) is 3.46. The highest BCUT2D eigenvalue weighted by molar-refractivity contribution is 14.0. The van der Waals surface area contributed by atoms with Gasteiger partial charge in [0, 0.05) is 39.3 Å². The predicted molar refractivity (Wildman–Crippen MR) is 119 cm³/mol. The second kappa shape index (κ2) is 15.9. The van der Waals surface area contributed by atoms with Crippen molar-refractivity contribution >= 4 is 29.9 Å². The van der Waals surface area contributed by atoms with E-state index in [1.165, 1.54) is 38.5 Å². The maximum atomic E-state index is 6.03. The summed E-state index contributed by atoms with van der Waals surface area (Å²) in [5, 5.41) is 6.71. The van der Waals surface area contributed by atoms with Gasteiger partial charge in [-0.25, -0.2) is 0 Å². The summed E-state index contributed by atoms with van der Waals surface area (Å²) in [7, 11) is 0. The molecule has 2 rings (SSSR count). The summed E-state index contributed by atoms with van der Waals surface area (Å²) < 4.78 is 11.4. The highest BCUT2D eigenvalue weighted by atomic mass is 127. The summed E-state index contributed by atoms with van der Waals surface area (Å²) in [5.41, 5.74) is 0. The molecule has 154 valence electrons. The lowest BCUT2D eigenvalue weighted by atomic mass is 10.1. The quantitative estimate of drug-likeness (QED) is 0.174. The summed E-state index contributed by atoms with van der Waals surface area (Å²) in [5.74, 6) is 0.911. The van der Waals surface area contributed by atoms with Crippen LogP contribution < -0.4 is 10.6 Å². The number of nitrogens with one attached hydrogen (secondary N) is 2. The van der Waals surface area contributed by atoms with Crippen LogP contribution in [-0.4, -0.2) is 76.1 Å². The van der Waals surface area contributed by atoms with Crippen molar-refractivity contribution in [2.75, 3.05) is 59.1 Å². The molecular formula is C19H39IN4O2. The summed E-state index contributed by atoms with van der Waals surface area (Å²) >= 11 is 0. The molecule has 1 saturated heterocycles. The molecule has 0 aromatic carbocycles. The third kappa shape index (κ3) is 10.9. The first-order valence-corrected chi connectivity index (χ1v) is 10.3. The normalized spacial score (nSPS) is 20.3. The van der Waals surface area contributed by atoms with Crippen molar-refractivity contribution in [1.82, 2.24) is 15.5 Å². The molecule has 0 spiro atoms. The third-order valence-corrected chi connectivity index (χ3v) is 4.90. The van der Waals surface area contributed by atoms with E-state index >= 15 is 0 Å². The summed E-state index contributed by atoms with van der Waals surface area (Å²) in [4.78, 5) is 7.14. The van der Waals surface area contributed by atoms with Crippen LogP contribution in [0, 0.1) is 0 Å². The van der Waals surface area contributed by atoms with Gasteiger partial charge in [0.2, 0.25) is 0 Å². The van der Waals surface area contributed by atoms with Gasteiger partial charge in [0.25, 0.3) is 0 Å². The lowest BCUT2D eigenvalue weighted by Crippen LogP contribution is -2.40. The lowest BCUT2D eigenvalue weighted by molar-refractivity contribution is 0.0377. The van der Waals surface area contributed by atoms with Crippen molar-refractivity contribution < 1.29 is 9.47 Å². The highest BCUT2D eigenvalue weighted by Crippen LogP contribution is 2.19. The van der Waals surface area contributed by atoms with Gasteiger partial charge in [0.15, 0.2) is 5.96 Å². The van der Waals surface area contributed by atoms with Crippen LogP contribution in [0.3, 0.4) is 0 Å². The van der Waals surface area contributed by atoms with Crippen LogP contribution in [0.5, 0.6) is 0 Å². The first kappa shape index (κ1) is 23.9. The standard InChI is InChI=1S/C19H38N4O2.HI/c1-2-20-19(21-10-7-12-23-13-16-24-17-14-23)22-11-15-25-18-8-5-3-4-6-9-18;/h18H,2-17H2,1H3,(H2,20,21,22);1H. The van der Waals surface area contributed by atoms with Gasteiger partial charge in [-0.3, -0.25) is 9.89 Å². The molecule has 0 aromatic rings. The average Bonchev–Trinajstić information content (AvgIpc) is 2.92. The fraction of sp³-hybridized carbons (Fsp3) is 0.947. The number of halogens is 1. The molecule has 0 unspecified atom stereocenters. The van der Waals surface area contributed by atoms with E-state index in [9.17, 15) is 0 Å². The number of hydrogen-bond acceptors (Lipinski definition) is 4. The molecule has 0 amide bonds. The number of ether oxygens (including phenoxy) is 2. The van der Waals surface area contributed by atoms with E-state index in [0.29, 0.717) is 6.10 Å². The van der Waals surface area contributed by atoms with E-state index in [1.54, 1.807) is 0 Å². The Hall–Kier alpha value is -0.120. The van der Waals surface area contributed by atoms with Crippen LogP contribution in [-0.2, 0) is 9.47 Å². The first-order valence-electron chi connectivity index (χ1n) is 10.3. The van der Waals surface area contributed by atoms with Gasteiger partial charge in [0.05, 0.1) is 25.9 Å². The second-order valence-electron chi connectivity index (χ2n) is 6.98. The van der Waals surface area contributed by atoms with E-state index in [1.807, 2.05) is 0 Å². The molecule has 26 heavy (non-hydrogen) atoms. The minimum atomic E-state index is 0. The maximum Gasteiger partial charge on any atom is 0.191 e. The van der Waals surface area contributed by atoms with E-state index in [4.69, 9.17) is 9.47 Å². The molecule has 0 bridgehead atoms. The van der Waals surface area contributed by atoms with Crippen molar-refractivity contribution in [3.63, 3.8) is 0 Å². The Labute approximate surface area is 176 Å². The molecule has 0 aromatic heterocycles. The monoisotopic (exact) mass is 482 g/mol. The van der Waals surface area contributed by atoms with Crippen LogP contribution in [0.25, 0.3) is 0 Å².